The average Bonchev–Trinajstić information content (AvgIpc) is 3.42. The van der Waals surface area contributed by atoms with Crippen molar-refractivity contribution in [2.45, 2.75) is 16.3 Å². The van der Waals surface area contributed by atoms with Gasteiger partial charge in [0.1, 0.15) is 5.82 Å². The maximum Gasteiger partial charge on any atom is 0.229 e. The lowest BCUT2D eigenvalue weighted by molar-refractivity contribution is 0.592. The molecule has 7 nitrogen and oxygen atoms in total. The van der Waals surface area contributed by atoms with Gasteiger partial charge in [0, 0.05) is 11.6 Å². The first-order valence-corrected chi connectivity index (χ1v) is 12.2. The largest absolute Gasteiger partial charge is 0.368 e. The second-order valence-corrected chi connectivity index (χ2v) is 10.1. The molecule has 0 saturated heterocycles. The van der Waals surface area contributed by atoms with Crippen LogP contribution < -0.4 is 5.32 Å². The van der Waals surface area contributed by atoms with Crippen molar-refractivity contribution in [1.29, 1.82) is 0 Å². The summed E-state index contributed by atoms with van der Waals surface area (Å²) in [4.78, 5) is 4.66. The van der Waals surface area contributed by atoms with Crippen LogP contribution in [0.3, 0.4) is 0 Å². The predicted molar refractivity (Wildman–Crippen MR) is 122 cm³/mol. The number of hydrogen-bond acceptors (Lipinski definition) is 7. The molecule has 0 aliphatic heterocycles. The Balaban J connectivity index is 1.57. The zero-order chi connectivity index (χ0) is 21.4. The number of fused-ring (bicyclic) bond motifs is 3. The van der Waals surface area contributed by atoms with E-state index in [9.17, 15) is 8.42 Å². The lowest BCUT2D eigenvalue weighted by Crippen LogP contribution is -2.09. The van der Waals surface area contributed by atoms with Crippen molar-refractivity contribution in [3.63, 3.8) is 0 Å². The van der Waals surface area contributed by atoms with Gasteiger partial charge in [-0.3, -0.25) is 0 Å². The molecule has 0 unspecified atom stereocenters. The van der Waals surface area contributed by atoms with Crippen LogP contribution in [0.15, 0.2) is 76.0 Å². The van der Waals surface area contributed by atoms with Crippen molar-refractivity contribution in [3.8, 4) is 0 Å². The second kappa shape index (κ2) is 7.92. The van der Waals surface area contributed by atoms with Gasteiger partial charge < -0.3 is 5.32 Å². The Hall–Kier alpha value is -3.01. The summed E-state index contributed by atoms with van der Waals surface area (Å²) in [5.41, 5.74) is 2.12. The van der Waals surface area contributed by atoms with Crippen LogP contribution >= 0.6 is 22.9 Å². The molecule has 0 fully saturated rings. The number of halogens is 1. The molecular weight excluding hydrogens is 454 g/mol. The van der Waals surface area contributed by atoms with Crippen molar-refractivity contribution in [3.05, 3.63) is 76.6 Å². The smallest absolute Gasteiger partial charge is 0.229 e. The first-order valence-electron chi connectivity index (χ1n) is 9.45. The zero-order valence-corrected chi connectivity index (χ0v) is 18.5. The molecule has 0 saturated carbocycles. The van der Waals surface area contributed by atoms with E-state index in [-0.39, 0.29) is 15.6 Å². The highest BCUT2D eigenvalue weighted by atomic mass is 35.5. The molecule has 0 aliphatic carbocycles. The molecule has 31 heavy (non-hydrogen) atoms. The Morgan fingerprint density at radius 1 is 1.06 bits per heavy atom. The van der Waals surface area contributed by atoms with Crippen LogP contribution in [-0.2, 0) is 16.3 Å². The first-order chi connectivity index (χ1) is 15.0. The van der Waals surface area contributed by atoms with E-state index < -0.39 is 9.84 Å². The van der Waals surface area contributed by atoms with Crippen molar-refractivity contribution in [1.82, 2.24) is 19.8 Å². The Morgan fingerprint density at radius 3 is 2.71 bits per heavy atom. The number of nitrogens with zero attached hydrogens (tertiary/aromatic N) is 4. The first kappa shape index (κ1) is 19.9. The summed E-state index contributed by atoms with van der Waals surface area (Å²) < 4.78 is 28.8. The molecule has 1 N–H and O–H groups in total. The molecule has 2 aromatic carbocycles. The number of nitrogens with one attached hydrogen (secondary N) is 1. The van der Waals surface area contributed by atoms with Gasteiger partial charge in [0.25, 0.3) is 0 Å². The third-order valence-electron chi connectivity index (χ3n) is 4.83. The van der Waals surface area contributed by atoms with E-state index in [0.717, 1.165) is 16.6 Å². The number of thiophene rings is 1. The fraction of sp³-hybridized carbons (Fsp3) is 0.0952. The SMILES string of the molecule is O=S(=O)(c1cccc(Cl)c1)c1nnn2c1nc(NCCc1ccccc1)c1sccc12. The topological polar surface area (TPSA) is 89.2 Å². The molecule has 3 heterocycles. The fourth-order valence-corrected chi connectivity index (χ4v) is 5.71. The van der Waals surface area contributed by atoms with E-state index in [0.29, 0.717) is 17.4 Å². The van der Waals surface area contributed by atoms with Crippen molar-refractivity contribution in [2.24, 2.45) is 0 Å². The predicted octanol–water partition coefficient (Wildman–Crippen LogP) is 4.48. The number of sulfone groups is 1. The Labute approximate surface area is 187 Å². The van der Waals surface area contributed by atoms with E-state index in [1.54, 1.807) is 12.1 Å². The molecule has 5 aromatic rings. The molecule has 0 amide bonds. The lowest BCUT2D eigenvalue weighted by atomic mass is 10.1. The van der Waals surface area contributed by atoms with Crippen LogP contribution in [0.5, 0.6) is 0 Å². The molecule has 0 atom stereocenters. The Bertz CT molecular complexity index is 1500. The maximum absolute atomic E-state index is 13.2. The molecule has 3 aromatic heterocycles. The quantitative estimate of drug-likeness (QED) is 0.394. The van der Waals surface area contributed by atoms with Gasteiger partial charge in [-0.1, -0.05) is 53.2 Å². The Kier molecular flexibility index (Phi) is 5.09. The molecule has 10 heteroatoms. The Morgan fingerprint density at radius 2 is 1.90 bits per heavy atom. The van der Waals surface area contributed by atoms with Crippen LogP contribution in [0, 0.1) is 0 Å². The summed E-state index contributed by atoms with van der Waals surface area (Å²) >= 11 is 7.51. The van der Waals surface area contributed by atoms with Gasteiger partial charge in [0.05, 0.1) is 15.1 Å². The van der Waals surface area contributed by atoms with Gasteiger partial charge in [-0.2, -0.15) is 4.52 Å². The molecule has 156 valence electrons. The van der Waals surface area contributed by atoms with Gasteiger partial charge >= 0.3 is 0 Å². The fourth-order valence-electron chi connectivity index (χ4n) is 3.33. The van der Waals surface area contributed by atoms with E-state index in [1.807, 2.05) is 29.6 Å². The molecule has 0 bridgehead atoms. The highest BCUT2D eigenvalue weighted by Gasteiger charge is 2.27. The minimum atomic E-state index is -3.94. The third-order valence-corrected chi connectivity index (χ3v) is 7.63. The number of aromatic nitrogens is 4. The molecular formula is C21H16ClN5O2S2. The highest BCUT2D eigenvalue weighted by molar-refractivity contribution is 7.91. The van der Waals surface area contributed by atoms with Crippen molar-refractivity contribution >= 4 is 54.5 Å². The van der Waals surface area contributed by atoms with Crippen LogP contribution in [0.4, 0.5) is 5.82 Å². The van der Waals surface area contributed by atoms with Crippen LogP contribution in [0.25, 0.3) is 15.9 Å². The summed E-state index contributed by atoms with van der Waals surface area (Å²) in [7, 11) is -3.94. The number of benzene rings is 2. The standard InChI is InChI=1S/C21H16ClN5O2S2/c22-15-7-4-8-16(13-15)31(28,29)21-20-24-19(23-11-9-14-5-2-1-3-6-14)18-17(10-12-30-18)27(20)26-25-21/h1-8,10,12-13H,9,11H2,(H,23,24). The summed E-state index contributed by atoms with van der Waals surface area (Å²) in [6.45, 7) is 0.651. The molecule has 0 spiro atoms. The minimum absolute atomic E-state index is 0.0493. The number of anilines is 1. The molecule has 0 radical (unpaired) electrons. The van der Waals surface area contributed by atoms with Gasteiger partial charge in [-0.25, -0.2) is 13.4 Å². The van der Waals surface area contributed by atoms with Gasteiger partial charge in [-0.15, -0.1) is 16.4 Å². The van der Waals surface area contributed by atoms with Crippen LogP contribution in [0.1, 0.15) is 5.56 Å². The number of hydrogen-bond donors (Lipinski definition) is 1. The monoisotopic (exact) mass is 469 g/mol. The zero-order valence-electron chi connectivity index (χ0n) is 16.1. The summed E-state index contributed by atoms with van der Waals surface area (Å²) in [5.74, 6) is 0.610. The van der Waals surface area contributed by atoms with Gasteiger partial charge in [0.2, 0.25) is 14.9 Å². The van der Waals surface area contributed by atoms with E-state index in [2.05, 4.69) is 32.7 Å². The van der Waals surface area contributed by atoms with Crippen molar-refractivity contribution in [2.75, 3.05) is 11.9 Å². The van der Waals surface area contributed by atoms with Gasteiger partial charge in [-0.05, 0) is 41.6 Å². The van der Waals surface area contributed by atoms with Gasteiger partial charge in [0.15, 0.2) is 5.65 Å². The summed E-state index contributed by atoms with van der Waals surface area (Å²) in [5, 5.41) is 13.4. The maximum atomic E-state index is 13.2. The molecule has 0 aliphatic rings. The van der Waals surface area contributed by atoms with Crippen molar-refractivity contribution < 1.29 is 8.42 Å². The van der Waals surface area contributed by atoms with Crippen LogP contribution in [-0.4, -0.2) is 34.8 Å². The van der Waals surface area contributed by atoms with E-state index in [1.165, 1.54) is 33.5 Å². The average molecular weight is 470 g/mol. The lowest BCUT2D eigenvalue weighted by Gasteiger charge is -2.08. The minimum Gasteiger partial charge on any atom is -0.368 e. The third kappa shape index (κ3) is 3.65. The normalized spacial score (nSPS) is 11.9. The summed E-state index contributed by atoms with van der Waals surface area (Å²) in [6, 6.07) is 18.1. The van der Waals surface area contributed by atoms with E-state index in [4.69, 9.17) is 11.6 Å². The van der Waals surface area contributed by atoms with Crippen LogP contribution in [0.2, 0.25) is 5.02 Å². The number of rotatable bonds is 6. The second-order valence-electron chi connectivity index (χ2n) is 6.85. The molecule has 5 rings (SSSR count). The van der Waals surface area contributed by atoms with E-state index >= 15 is 0 Å². The highest BCUT2D eigenvalue weighted by Crippen LogP contribution is 2.31. The summed E-state index contributed by atoms with van der Waals surface area (Å²) in [6.07, 6.45) is 0.811.